The highest BCUT2D eigenvalue weighted by molar-refractivity contribution is 5.92. The lowest BCUT2D eigenvalue weighted by Crippen LogP contribution is -2.34. The van der Waals surface area contributed by atoms with Gasteiger partial charge in [-0.2, -0.15) is 0 Å². The molecule has 0 bridgehead atoms. The van der Waals surface area contributed by atoms with E-state index in [1.165, 1.54) is 0 Å². The minimum atomic E-state index is 0.0203. The lowest BCUT2D eigenvalue weighted by molar-refractivity contribution is -0.121. The second-order valence-corrected chi connectivity index (χ2v) is 5.35. The van der Waals surface area contributed by atoms with E-state index >= 15 is 0 Å². The molecule has 1 aromatic carbocycles. The van der Waals surface area contributed by atoms with E-state index in [1.807, 2.05) is 25.1 Å². The normalized spacial score (nSPS) is 22.4. The summed E-state index contributed by atoms with van der Waals surface area (Å²) in [7, 11) is 1.62. The van der Waals surface area contributed by atoms with Gasteiger partial charge < -0.3 is 15.3 Å². The molecule has 0 spiro atoms. The zero-order valence-corrected chi connectivity index (χ0v) is 12.0. The molecule has 1 aromatic rings. The van der Waals surface area contributed by atoms with Crippen molar-refractivity contribution in [3.8, 4) is 5.75 Å². The maximum absolute atomic E-state index is 12.2. The van der Waals surface area contributed by atoms with Crippen molar-refractivity contribution in [1.29, 1.82) is 0 Å². The fraction of sp³-hybridized carbons (Fsp3) is 0.533. The highest BCUT2D eigenvalue weighted by Crippen LogP contribution is 2.27. The van der Waals surface area contributed by atoms with E-state index in [0.717, 1.165) is 42.7 Å². The molecule has 5 heteroatoms. The molecule has 2 rings (SSSR count). The largest absolute Gasteiger partial charge is 0.496 e. The van der Waals surface area contributed by atoms with Gasteiger partial charge in [-0.3, -0.25) is 4.79 Å². The Balaban J connectivity index is 1.95. The zero-order valence-electron chi connectivity index (χ0n) is 12.0. The van der Waals surface area contributed by atoms with E-state index in [4.69, 9.17) is 9.94 Å². The van der Waals surface area contributed by atoms with Gasteiger partial charge in [0.05, 0.1) is 7.11 Å². The third kappa shape index (κ3) is 3.49. The number of hydroxylamine groups is 1. The van der Waals surface area contributed by atoms with Gasteiger partial charge in [0.15, 0.2) is 0 Å². The number of carbonyl (C=O) groups is 1. The number of hydrogen-bond donors (Lipinski definition) is 3. The number of methoxy groups -OCH3 is 1. The van der Waals surface area contributed by atoms with E-state index in [2.05, 4.69) is 10.8 Å². The number of anilines is 1. The number of aryl methyl sites for hydroxylation is 1. The molecule has 0 heterocycles. The molecule has 0 unspecified atom stereocenters. The van der Waals surface area contributed by atoms with Crippen LogP contribution in [0.3, 0.4) is 0 Å². The topological polar surface area (TPSA) is 70.6 Å². The van der Waals surface area contributed by atoms with Crippen molar-refractivity contribution in [3.63, 3.8) is 0 Å². The number of benzene rings is 1. The van der Waals surface area contributed by atoms with Gasteiger partial charge in [-0.15, -0.1) is 0 Å². The molecule has 1 fully saturated rings. The van der Waals surface area contributed by atoms with Gasteiger partial charge in [-0.25, -0.2) is 5.48 Å². The van der Waals surface area contributed by atoms with E-state index in [-0.39, 0.29) is 17.9 Å². The van der Waals surface area contributed by atoms with Gasteiger partial charge >= 0.3 is 0 Å². The maximum atomic E-state index is 12.2. The van der Waals surface area contributed by atoms with Crippen LogP contribution in [0.25, 0.3) is 0 Å². The Hall–Kier alpha value is -1.59. The summed E-state index contributed by atoms with van der Waals surface area (Å²) in [4.78, 5) is 12.2. The molecule has 0 radical (unpaired) electrons. The molecule has 1 amide bonds. The second kappa shape index (κ2) is 6.72. The predicted octanol–water partition coefficient (Wildman–Crippen LogP) is 2.48. The van der Waals surface area contributed by atoms with E-state index in [9.17, 15) is 4.79 Å². The standard InChI is InChI=1S/C15H22N2O3/c1-10-3-6-13(9-14(10)20-2)16-15(18)11-4-7-12(17-19)8-5-11/h3,6,9,11-12,17,19H,4-5,7-8H2,1-2H3,(H,16,18). The van der Waals surface area contributed by atoms with Crippen LogP contribution in [0.1, 0.15) is 31.2 Å². The molecule has 20 heavy (non-hydrogen) atoms. The van der Waals surface area contributed by atoms with Crippen molar-refractivity contribution < 1.29 is 14.7 Å². The zero-order chi connectivity index (χ0) is 14.5. The Morgan fingerprint density at radius 3 is 2.60 bits per heavy atom. The van der Waals surface area contributed by atoms with Crippen LogP contribution in [0.15, 0.2) is 18.2 Å². The van der Waals surface area contributed by atoms with Crippen molar-refractivity contribution in [2.45, 2.75) is 38.6 Å². The summed E-state index contributed by atoms with van der Waals surface area (Å²) < 4.78 is 5.25. The third-order valence-electron chi connectivity index (χ3n) is 3.96. The molecule has 1 aliphatic rings. The molecule has 0 aromatic heterocycles. The molecule has 0 saturated heterocycles. The lowest BCUT2D eigenvalue weighted by Gasteiger charge is -2.26. The van der Waals surface area contributed by atoms with Crippen LogP contribution >= 0.6 is 0 Å². The summed E-state index contributed by atoms with van der Waals surface area (Å²) in [5, 5.41) is 11.8. The fourth-order valence-corrected chi connectivity index (χ4v) is 2.63. The number of ether oxygens (including phenoxy) is 1. The highest BCUT2D eigenvalue weighted by atomic mass is 16.5. The van der Waals surface area contributed by atoms with Crippen LogP contribution in [0.4, 0.5) is 5.69 Å². The summed E-state index contributed by atoms with van der Waals surface area (Å²) >= 11 is 0. The van der Waals surface area contributed by atoms with E-state index in [1.54, 1.807) is 7.11 Å². The van der Waals surface area contributed by atoms with Gasteiger partial charge in [-0.05, 0) is 44.2 Å². The van der Waals surface area contributed by atoms with Crippen molar-refractivity contribution >= 4 is 11.6 Å². The Morgan fingerprint density at radius 2 is 2.00 bits per heavy atom. The van der Waals surface area contributed by atoms with Crippen LogP contribution < -0.4 is 15.5 Å². The van der Waals surface area contributed by atoms with E-state index in [0.29, 0.717) is 0 Å². The summed E-state index contributed by atoms with van der Waals surface area (Å²) in [6.07, 6.45) is 3.25. The molecule has 0 aliphatic heterocycles. The first-order valence-electron chi connectivity index (χ1n) is 6.99. The fourth-order valence-electron chi connectivity index (χ4n) is 2.63. The van der Waals surface area contributed by atoms with Gasteiger partial charge in [0.25, 0.3) is 0 Å². The van der Waals surface area contributed by atoms with Crippen LogP contribution in [-0.2, 0) is 4.79 Å². The van der Waals surface area contributed by atoms with Gasteiger partial charge in [0.1, 0.15) is 5.75 Å². The molecule has 1 saturated carbocycles. The Bertz CT molecular complexity index is 468. The quantitative estimate of drug-likeness (QED) is 0.740. The third-order valence-corrected chi connectivity index (χ3v) is 3.96. The summed E-state index contributed by atoms with van der Waals surface area (Å²) in [5.74, 6) is 0.843. The van der Waals surface area contributed by atoms with Gasteiger partial charge in [-0.1, -0.05) is 6.07 Å². The number of nitrogens with one attached hydrogen (secondary N) is 2. The Kier molecular flexibility index (Phi) is 4.98. The molecular formula is C15H22N2O3. The summed E-state index contributed by atoms with van der Waals surface area (Å²) in [6, 6.07) is 5.78. The van der Waals surface area contributed by atoms with Crippen molar-refractivity contribution in [1.82, 2.24) is 5.48 Å². The maximum Gasteiger partial charge on any atom is 0.227 e. The monoisotopic (exact) mass is 278 g/mol. The minimum Gasteiger partial charge on any atom is -0.496 e. The lowest BCUT2D eigenvalue weighted by atomic mass is 9.86. The minimum absolute atomic E-state index is 0.0203. The van der Waals surface area contributed by atoms with Crippen molar-refractivity contribution in [2.24, 2.45) is 5.92 Å². The molecule has 5 nitrogen and oxygen atoms in total. The smallest absolute Gasteiger partial charge is 0.227 e. The average molecular weight is 278 g/mol. The van der Waals surface area contributed by atoms with Crippen LogP contribution in [0, 0.1) is 12.8 Å². The number of amides is 1. The molecule has 1 aliphatic carbocycles. The van der Waals surface area contributed by atoms with Gasteiger partial charge in [0.2, 0.25) is 5.91 Å². The Morgan fingerprint density at radius 1 is 1.30 bits per heavy atom. The highest BCUT2D eigenvalue weighted by Gasteiger charge is 2.26. The summed E-state index contributed by atoms with van der Waals surface area (Å²) in [5.41, 5.74) is 4.09. The first-order valence-corrected chi connectivity index (χ1v) is 6.99. The number of hydrogen-bond acceptors (Lipinski definition) is 4. The molecule has 3 N–H and O–H groups in total. The van der Waals surface area contributed by atoms with Crippen LogP contribution in [0.5, 0.6) is 5.75 Å². The molecule has 110 valence electrons. The Labute approximate surface area is 119 Å². The molecular weight excluding hydrogens is 256 g/mol. The number of carbonyl (C=O) groups excluding carboxylic acids is 1. The predicted molar refractivity (Wildman–Crippen MR) is 77.0 cm³/mol. The van der Waals surface area contributed by atoms with E-state index < -0.39 is 0 Å². The number of rotatable bonds is 4. The second-order valence-electron chi connectivity index (χ2n) is 5.35. The van der Waals surface area contributed by atoms with Crippen LogP contribution in [0.2, 0.25) is 0 Å². The van der Waals surface area contributed by atoms with Crippen molar-refractivity contribution in [2.75, 3.05) is 12.4 Å². The average Bonchev–Trinajstić information content (AvgIpc) is 2.49. The first-order chi connectivity index (χ1) is 9.63. The summed E-state index contributed by atoms with van der Waals surface area (Å²) in [6.45, 7) is 1.97. The van der Waals surface area contributed by atoms with Crippen molar-refractivity contribution in [3.05, 3.63) is 23.8 Å². The molecule has 0 atom stereocenters. The van der Waals surface area contributed by atoms with Crippen LogP contribution in [-0.4, -0.2) is 24.3 Å². The first kappa shape index (κ1) is 14.8. The SMILES string of the molecule is COc1cc(NC(=O)C2CCC(NO)CC2)ccc1C. The van der Waals surface area contributed by atoms with Gasteiger partial charge in [0, 0.05) is 23.7 Å².